The molecular formula is C9H8BrClN2O2. The van der Waals surface area contributed by atoms with Crippen LogP contribution in [0.4, 0.5) is 11.4 Å². The summed E-state index contributed by atoms with van der Waals surface area (Å²) in [5.41, 5.74) is 0.617. The van der Waals surface area contributed by atoms with Crippen LogP contribution in [0.25, 0.3) is 0 Å². The fourth-order valence-electron chi connectivity index (χ4n) is 0.952. The number of rotatable bonds is 4. The van der Waals surface area contributed by atoms with Crippen molar-refractivity contribution in [2.24, 2.45) is 0 Å². The van der Waals surface area contributed by atoms with Crippen molar-refractivity contribution in [1.29, 1.82) is 0 Å². The smallest absolute Gasteiger partial charge is 0.271 e. The standard InChI is InChI=1S/C9H8BrClN2O2/c1-6(10)5-12-9-3-2-7(13(14)15)4-8(9)11/h2-4,12H,1,5H2. The molecule has 0 aliphatic heterocycles. The van der Waals surface area contributed by atoms with E-state index in [0.29, 0.717) is 17.3 Å². The summed E-state index contributed by atoms with van der Waals surface area (Å²) in [6, 6.07) is 4.27. The first-order chi connectivity index (χ1) is 7.00. The molecule has 0 saturated carbocycles. The summed E-state index contributed by atoms with van der Waals surface area (Å²) in [6.45, 7) is 4.16. The van der Waals surface area contributed by atoms with Gasteiger partial charge in [-0.1, -0.05) is 34.1 Å². The van der Waals surface area contributed by atoms with Crippen molar-refractivity contribution < 1.29 is 4.92 Å². The molecule has 15 heavy (non-hydrogen) atoms. The molecule has 1 aromatic rings. The average Bonchev–Trinajstić information content (AvgIpc) is 2.15. The molecule has 0 saturated heterocycles. The monoisotopic (exact) mass is 290 g/mol. The molecule has 1 aromatic carbocycles. The van der Waals surface area contributed by atoms with Gasteiger partial charge in [0.1, 0.15) is 0 Å². The molecule has 6 heteroatoms. The van der Waals surface area contributed by atoms with Crippen LogP contribution < -0.4 is 5.32 Å². The molecule has 0 aromatic heterocycles. The van der Waals surface area contributed by atoms with E-state index in [1.807, 2.05) is 0 Å². The van der Waals surface area contributed by atoms with E-state index >= 15 is 0 Å². The molecule has 0 spiro atoms. The molecule has 0 heterocycles. The Hall–Kier alpha value is -1.07. The maximum absolute atomic E-state index is 10.4. The topological polar surface area (TPSA) is 55.2 Å². The minimum absolute atomic E-state index is 0.0248. The molecule has 4 nitrogen and oxygen atoms in total. The third-order valence-corrected chi connectivity index (χ3v) is 2.23. The summed E-state index contributed by atoms with van der Waals surface area (Å²) in [7, 11) is 0. The van der Waals surface area contributed by atoms with Crippen LogP contribution in [-0.2, 0) is 0 Å². The highest BCUT2D eigenvalue weighted by Crippen LogP contribution is 2.26. The van der Waals surface area contributed by atoms with Gasteiger partial charge in [0.25, 0.3) is 5.69 Å². The normalized spacial score (nSPS) is 9.73. The number of benzene rings is 1. The number of nitro benzene ring substituents is 1. The van der Waals surface area contributed by atoms with Crippen LogP contribution in [0.5, 0.6) is 0 Å². The van der Waals surface area contributed by atoms with Crippen LogP contribution in [0.15, 0.2) is 29.3 Å². The second kappa shape index (κ2) is 5.14. The molecule has 0 atom stereocenters. The number of hydrogen-bond donors (Lipinski definition) is 1. The van der Waals surface area contributed by atoms with Gasteiger partial charge in [0.2, 0.25) is 0 Å². The van der Waals surface area contributed by atoms with Crippen molar-refractivity contribution in [3.8, 4) is 0 Å². The van der Waals surface area contributed by atoms with E-state index in [9.17, 15) is 10.1 Å². The molecule has 1 N–H and O–H groups in total. The Morgan fingerprint density at radius 3 is 2.80 bits per heavy atom. The Balaban J connectivity index is 2.83. The van der Waals surface area contributed by atoms with Crippen molar-refractivity contribution in [2.75, 3.05) is 11.9 Å². The van der Waals surface area contributed by atoms with Gasteiger partial charge in [-0.3, -0.25) is 10.1 Å². The van der Waals surface area contributed by atoms with E-state index < -0.39 is 4.92 Å². The molecule has 0 amide bonds. The number of halogens is 2. The number of anilines is 1. The second-order valence-corrected chi connectivity index (χ2v) is 4.32. The first-order valence-electron chi connectivity index (χ1n) is 4.02. The Kier molecular flexibility index (Phi) is 4.11. The van der Waals surface area contributed by atoms with E-state index in [-0.39, 0.29) is 5.69 Å². The fraction of sp³-hybridized carbons (Fsp3) is 0.111. The maximum Gasteiger partial charge on any atom is 0.271 e. The third kappa shape index (κ3) is 3.53. The lowest BCUT2D eigenvalue weighted by Gasteiger charge is -2.06. The quantitative estimate of drug-likeness (QED) is 0.681. The molecular weight excluding hydrogens is 283 g/mol. The minimum Gasteiger partial charge on any atom is -0.379 e. The molecule has 0 radical (unpaired) electrons. The second-order valence-electron chi connectivity index (χ2n) is 2.79. The van der Waals surface area contributed by atoms with Crippen LogP contribution in [0.3, 0.4) is 0 Å². The Morgan fingerprint density at radius 1 is 1.67 bits per heavy atom. The predicted octanol–water partition coefficient (Wildman–Crippen LogP) is 3.57. The molecule has 80 valence electrons. The van der Waals surface area contributed by atoms with Crippen molar-refractivity contribution >= 4 is 38.9 Å². The maximum atomic E-state index is 10.4. The Labute approximate surface area is 100 Å². The molecule has 0 fully saturated rings. The first-order valence-corrected chi connectivity index (χ1v) is 5.19. The summed E-state index contributed by atoms with van der Waals surface area (Å²) >= 11 is 9.03. The third-order valence-electron chi connectivity index (χ3n) is 1.63. The van der Waals surface area contributed by atoms with Gasteiger partial charge in [0, 0.05) is 23.2 Å². The molecule has 0 bridgehead atoms. The number of non-ortho nitro benzene ring substituents is 1. The zero-order valence-electron chi connectivity index (χ0n) is 7.67. The van der Waals surface area contributed by atoms with Crippen LogP contribution in [0.2, 0.25) is 5.02 Å². The van der Waals surface area contributed by atoms with Gasteiger partial charge in [-0.05, 0) is 6.07 Å². The van der Waals surface area contributed by atoms with Gasteiger partial charge >= 0.3 is 0 Å². The summed E-state index contributed by atoms with van der Waals surface area (Å²) < 4.78 is 0.775. The lowest BCUT2D eigenvalue weighted by atomic mass is 10.3. The van der Waals surface area contributed by atoms with Crippen LogP contribution in [0.1, 0.15) is 0 Å². The predicted molar refractivity (Wildman–Crippen MR) is 64.7 cm³/mol. The van der Waals surface area contributed by atoms with Crippen molar-refractivity contribution in [2.45, 2.75) is 0 Å². The summed E-state index contributed by atoms with van der Waals surface area (Å²) in [5, 5.41) is 13.7. The van der Waals surface area contributed by atoms with Crippen molar-refractivity contribution in [3.05, 3.63) is 44.4 Å². The SMILES string of the molecule is C=C(Br)CNc1ccc([N+](=O)[O-])cc1Cl. The van der Waals surface area contributed by atoms with Gasteiger partial charge in [0.15, 0.2) is 0 Å². The highest BCUT2D eigenvalue weighted by Gasteiger charge is 2.08. The van der Waals surface area contributed by atoms with E-state index in [4.69, 9.17) is 11.6 Å². The number of nitro groups is 1. The van der Waals surface area contributed by atoms with Crippen molar-refractivity contribution in [3.63, 3.8) is 0 Å². The molecule has 0 aliphatic rings. The Morgan fingerprint density at radius 2 is 2.33 bits per heavy atom. The Bertz CT molecular complexity index is 409. The van der Waals surface area contributed by atoms with Crippen LogP contribution in [0, 0.1) is 10.1 Å². The van der Waals surface area contributed by atoms with Gasteiger partial charge in [-0.15, -0.1) is 0 Å². The molecule has 0 aliphatic carbocycles. The van der Waals surface area contributed by atoms with E-state index in [1.165, 1.54) is 12.1 Å². The average molecular weight is 292 g/mol. The first kappa shape index (κ1) is 12.0. The molecule has 1 rings (SSSR count). The van der Waals surface area contributed by atoms with Crippen molar-refractivity contribution in [1.82, 2.24) is 0 Å². The van der Waals surface area contributed by atoms with Gasteiger partial charge in [-0.2, -0.15) is 0 Å². The number of nitrogens with one attached hydrogen (secondary N) is 1. The minimum atomic E-state index is -0.487. The lowest BCUT2D eigenvalue weighted by Crippen LogP contribution is -2.01. The summed E-state index contributed by atoms with van der Waals surface area (Å²) in [4.78, 5) is 9.95. The number of hydrogen-bond acceptors (Lipinski definition) is 3. The van der Waals surface area contributed by atoms with E-state index in [2.05, 4.69) is 27.8 Å². The zero-order chi connectivity index (χ0) is 11.4. The van der Waals surface area contributed by atoms with Gasteiger partial charge in [0.05, 0.1) is 15.6 Å². The number of nitrogens with zero attached hydrogens (tertiary/aromatic N) is 1. The summed E-state index contributed by atoms with van der Waals surface area (Å²) in [6.07, 6.45) is 0. The fourth-order valence-corrected chi connectivity index (χ4v) is 1.33. The van der Waals surface area contributed by atoms with Gasteiger partial charge < -0.3 is 5.32 Å². The highest BCUT2D eigenvalue weighted by molar-refractivity contribution is 9.11. The van der Waals surface area contributed by atoms with Crippen LogP contribution in [-0.4, -0.2) is 11.5 Å². The van der Waals surface area contributed by atoms with E-state index in [1.54, 1.807) is 6.07 Å². The zero-order valence-corrected chi connectivity index (χ0v) is 10.0. The lowest BCUT2D eigenvalue weighted by molar-refractivity contribution is -0.384. The van der Waals surface area contributed by atoms with Crippen LogP contribution >= 0.6 is 27.5 Å². The largest absolute Gasteiger partial charge is 0.379 e. The van der Waals surface area contributed by atoms with Gasteiger partial charge in [-0.25, -0.2) is 0 Å². The van der Waals surface area contributed by atoms with E-state index in [0.717, 1.165) is 4.48 Å². The summed E-state index contributed by atoms with van der Waals surface area (Å²) in [5.74, 6) is 0. The highest BCUT2D eigenvalue weighted by atomic mass is 79.9. The molecule has 0 unspecified atom stereocenters.